The Labute approximate surface area is 115 Å². The maximum atomic E-state index is 9.03. The zero-order chi connectivity index (χ0) is 14.0. The molecule has 0 spiro atoms. The number of nitrogens with zero attached hydrogens (tertiary/aromatic N) is 4. The van der Waals surface area contributed by atoms with Crippen LogP contribution >= 0.6 is 0 Å². The SMILES string of the molecule is Cc1c(/C=N\N2[C@H](C)CCC[C@H]2C)cc(C#N)n1C. The lowest BCUT2D eigenvalue weighted by atomic mass is 10.00. The predicted octanol–water partition coefficient (Wildman–Crippen LogP) is 2.80. The third-order valence-corrected chi connectivity index (χ3v) is 4.17. The Morgan fingerprint density at radius 3 is 2.53 bits per heavy atom. The molecule has 1 aliphatic rings. The van der Waals surface area contributed by atoms with E-state index in [0.29, 0.717) is 17.8 Å². The third kappa shape index (κ3) is 2.65. The van der Waals surface area contributed by atoms with Gasteiger partial charge in [-0.25, -0.2) is 0 Å². The van der Waals surface area contributed by atoms with Gasteiger partial charge in [0, 0.05) is 30.4 Å². The first-order valence-electron chi connectivity index (χ1n) is 6.93. The van der Waals surface area contributed by atoms with Gasteiger partial charge in [-0.2, -0.15) is 10.4 Å². The highest BCUT2D eigenvalue weighted by molar-refractivity contribution is 5.82. The smallest absolute Gasteiger partial charge is 0.120 e. The minimum absolute atomic E-state index is 0.499. The molecule has 1 saturated heterocycles. The summed E-state index contributed by atoms with van der Waals surface area (Å²) in [6, 6.07) is 5.10. The fraction of sp³-hybridized carbons (Fsp3) is 0.600. The molecule has 1 aromatic heterocycles. The monoisotopic (exact) mass is 258 g/mol. The van der Waals surface area contributed by atoms with Gasteiger partial charge in [-0.1, -0.05) is 0 Å². The Morgan fingerprint density at radius 2 is 2.00 bits per heavy atom. The molecule has 0 bridgehead atoms. The van der Waals surface area contributed by atoms with Crippen molar-refractivity contribution in [3.8, 4) is 6.07 Å². The van der Waals surface area contributed by atoms with Gasteiger partial charge in [0.25, 0.3) is 0 Å². The van der Waals surface area contributed by atoms with Crippen molar-refractivity contribution < 1.29 is 0 Å². The molecule has 0 amide bonds. The van der Waals surface area contributed by atoms with Gasteiger partial charge in [0.15, 0.2) is 0 Å². The quantitative estimate of drug-likeness (QED) is 0.766. The van der Waals surface area contributed by atoms with Crippen molar-refractivity contribution in [2.75, 3.05) is 0 Å². The Bertz CT molecular complexity index is 511. The Morgan fingerprint density at radius 1 is 1.37 bits per heavy atom. The minimum atomic E-state index is 0.499. The van der Waals surface area contributed by atoms with E-state index < -0.39 is 0 Å². The molecule has 0 N–H and O–H groups in total. The molecular formula is C15H22N4. The summed E-state index contributed by atoms with van der Waals surface area (Å²) >= 11 is 0. The molecule has 2 rings (SSSR count). The normalized spacial score (nSPS) is 23.8. The second kappa shape index (κ2) is 5.48. The molecule has 19 heavy (non-hydrogen) atoms. The number of piperidine rings is 1. The van der Waals surface area contributed by atoms with E-state index in [9.17, 15) is 0 Å². The fourth-order valence-corrected chi connectivity index (χ4v) is 2.72. The number of hydrazone groups is 1. The summed E-state index contributed by atoms with van der Waals surface area (Å²) in [6.45, 7) is 6.47. The first-order chi connectivity index (χ1) is 9.04. The van der Waals surface area contributed by atoms with Crippen molar-refractivity contribution in [1.82, 2.24) is 9.58 Å². The summed E-state index contributed by atoms with van der Waals surface area (Å²) < 4.78 is 1.91. The van der Waals surface area contributed by atoms with Gasteiger partial charge in [-0.3, -0.25) is 5.01 Å². The Kier molecular flexibility index (Phi) is 3.94. The molecule has 2 heterocycles. The van der Waals surface area contributed by atoms with E-state index in [1.807, 2.05) is 30.8 Å². The molecule has 1 aromatic rings. The molecule has 0 aliphatic carbocycles. The standard InChI is InChI=1S/C15H22N4/c1-11-6-5-7-12(2)19(11)17-10-14-8-15(9-16)18(4)13(14)3/h8,10-12H,5-7H2,1-4H3/b17-10-/t11-,12-/m1/s1. The van der Waals surface area contributed by atoms with Crippen LogP contribution in [0.2, 0.25) is 0 Å². The summed E-state index contributed by atoms with van der Waals surface area (Å²) in [4.78, 5) is 0. The molecule has 1 aliphatic heterocycles. The largest absolute Gasteiger partial charge is 0.339 e. The highest BCUT2D eigenvalue weighted by Crippen LogP contribution is 2.22. The fourth-order valence-electron chi connectivity index (χ4n) is 2.72. The summed E-state index contributed by atoms with van der Waals surface area (Å²) in [5.41, 5.74) is 2.79. The van der Waals surface area contributed by atoms with Crippen LogP contribution < -0.4 is 0 Å². The maximum Gasteiger partial charge on any atom is 0.120 e. The molecule has 0 unspecified atom stereocenters. The lowest BCUT2D eigenvalue weighted by molar-refractivity contribution is 0.109. The van der Waals surface area contributed by atoms with Crippen LogP contribution in [0.1, 0.15) is 50.1 Å². The van der Waals surface area contributed by atoms with E-state index in [1.165, 1.54) is 19.3 Å². The zero-order valence-electron chi connectivity index (χ0n) is 12.2. The zero-order valence-corrected chi connectivity index (χ0v) is 12.2. The average molecular weight is 258 g/mol. The number of aromatic nitrogens is 1. The molecular weight excluding hydrogens is 236 g/mol. The molecule has 0 radical (unpaired) electrons. The molecule has 102 valence electrons. The molecule has 0 saturated carbocycles. The summed E-state index contributed by atoms with van der Waals surface area (Å²) in [5, 5.41) is 15.9. The summed E-state index contributed by atoms with van der Waals surface area (Å²) in [6.07, 6.45) is 5.60. The van der Waals surface area contributed by atoms with Gasteiger partial charge in [0.2, 0.25) is 0 Å². The Balaban J connectivity index is 2.21. The van der Waals surface area contributed by atoms with Gasteiger partial charge < -0.3 is 4.57 Å². The van der Waals surface area contributed by atoms with Gasteiger partial charge in [0.1, 0.15) is 11.8 Å². The van der Waals surface area contributed by atoms with Crippen molar-refractivity contribution in [3.63, 3.8) is 0 Å². The molecule has 4 heteroatoms. The van der Waals surface area contributed by atoms with Crippen LogP contribution in [0, 0.1) is 18.3 Å². The van der Waals surface area contributed by atoms with Gasteiger partial charge in [-0.15, -0.1) is 0 Å². The summed E-state index contributed by atoms with van der Waals surface area (Å²) in [7, 11) is 1.91. The highest BCUT2D eigenvalue weighted by atomic mass is 15.5. The van der Waals surface area contributed by atoms with E-state index in [2.05, 4.69) is 30.0 Å². The van der Waals surface area contributed by atoms with Crippen LogP contribution in [0.4, 0.5) is 0 Å². The number of hydrogen-bond donors (Lipinski definition) is 0. The molecule has 4 nitrogen and oxygen atoms in total. The van der Waals surface area contributed by atoms with Crippen molar-refractivity contribution >= 4 is 6.21 Å². The van der Waals surface area contributed by atoms with E-state index >= 15 is 0 Å². The number of nitriles is 1. The van der Waals surface area contributed by atoms with Crippen molar-refractivity contribution in [2.45, 2.75) is 52.1 Å². The van der Waals surface area contributed by atoms with Gasteiger partial charge >= 0.3 is 0 Å². The molecule has 0 aromatic carbocycles. The molecule has 2 atom stereocenters. The van der Waals surface area contributed by atoms with Crippen LogP contribution in [0.15, 0.2) is 11.2 Å². The van der Waals surface area contributed by atoms with E-state index in [0.717, 1.165) is 11.3 Å². The van der Waals surface area contributed by atoms with Crippen LogP contribution in [-0.2, 0) is 7.05 Å². The van der Waals surface area contributed by atoms with Crippen molar-refractivity contribution in [3.05, 3.63) is 23.0 Å². The van der Waals surface area contributed by atoms with E-state index in [1.54, 1.807) is 0 Å². The van der Waals surface area contributed by atoms with Crippen molar-refractivity contribution in [2.24, 2.45) is 12.1 Å². The van der Waals surface area contributed by atoms with Crippen LogP contribution in [0.5, 0.6) is 0 Å². The third-order valence-electron chi connectivity index (χ3n) is 4.17. The van der Waals surface area contributed by atoms with Crippen LogP contribution in [0.3, 0.4) is 0 Å². The van der Waals surface area contributed by atoms with Gasteiger partial charge in [-0.05, 0) is 46.1 Å². The maximum absolute atomic E-state index is 9.03. The first-order valence-corrected chi connectivity index (χ1v) is 6.93. The van der Waals surface area contributed by atoms with E-state index in [4.69, 9.17) is 5.26 Å². The Hall–Kier alpha value is -1.76. The van der Waals surface area contributed by atoms with Gasteiger partial charge in [0.05, 0.1) is 6.21 Å². The van der Waals surface area contributed by atoms with E-state index in [-0.39, 0.29) is 0 Å². The average Bonchev–Trinajstić information content (AvgIpc) is 2.66. The first kappa shape index (κ1) is 13.7. The van der Waals surface area contributed by atoms with Crippen LogP contribution in [0.25, 0.3) is 0 Å². The molecule has 1 fully saturated rings. The lowest BCUT2D eigenvalue weighted by Crippen LogP contribution is -2.39. The topological polar surface area (TPSA) is 44.3 Å². The van der Waals surface area contributed by atoms with Crippen LogP contribution in [-0.4, -0.2) is 27.9 Å². The lowest BCUT2D eigenvalue weighted by Gasteiger charge is -2.36. The predicted molar refractivity (Wildman–Crippen MR) is 77.1 cm³/mol. The number of hydrogen-bond acceptors (Lipinski definition) is 3. The number of rotatable bonds is 2. The summed E-state index contributed by atoms with van der Waals surface area (Å²) in [5.74, 6) is 0. The minimum Gasteiger partial charge on any atom is -0.339 e. The van der Waals surface area contributed by atoms with Crippen molar-refractivity contribution in [1.29, 1.82) is 5.26 Å². The highest BCUT2D eigenvalue weighted by Gasteiger charge is 2.22. The second-order valence-corrected chi connectivity index (χ2v) is 5.49. The second-order valence-electron chi connectivity index (χ2n) is 5.49.